The molecule has 0 fully saturated rings. The number of rotatable bonds is 7. The van der Waals surface area contributed by atoms with Gasteiger partial charge in [0.15, 0.2) is 5.96 Å². The van der Waals surface area contributed by atoms with Gasteiger partial charge in [0.1, 0.15) is 0 Å². The summed E-state index contributed by atoms with van der Waals surface area (Å²) in [6, 6.07) is 21.0. The molecule has 2 rings (SSSR count). The molecule has 0 aliphatic heterocycles. The Balaban J connectivity index is 1.98. The first kappa shape index (κ1) is 21.2. The van der Waals surface area contributed by atoms with E-state index >= 15 is 0 Å². The molecule has 0 saturated carbocycles. The van der Waals surface area contributed by atoms with Crippen molar-refractivity contribution >= 4 is 16.8 Å². The Morgan fingerprint density at radius 2 is 1.48 bits per heavy atom. The van der Waals surface area contributed by atoms with Gasteiger partial charge in [-0.3, -0.25) is 9.20 Å². The molecule has 146 valence electrons. The summed E-state index contributed by atoms with van der Waals surface area (Å²) >= 11 is 0. The van der Waals surface area contributed by atoms with Crippen molar-refractivity contribution in [3.8, 4) is 0 Å². The average molecular weight is 386 g/mol. The highest BCUT2D eigenvalue weighted by molar-refractivity contribution is 7.86. The van der Waals surface area contributed by atoms with E-state index in [-0.39, 0.29) is 10.7 Å². The van der Waals surface area contributed by atoms with E-state index in [4.69, 9.17) is 0 Å². The molecule has 0 aromatic heterocycles. The summed E-state index contributed by atoms with van der Waals surface area (Å²) < 4.78 is 12.0. The standard InChI is InChI=1S/C22H31N3OS/c1-22(2,3)27(26)16-15-24-21(23-4)25-17-20(18-11-7-5-8-12-18)19-13-9-6-10-14-19/h5-14,20H,15-17H2,1-4H3,(H2,23,24,25). The van der Waals surface area contributed by atoms with Crippen molar-refractivity contribution < 1.29 is 4.21 Å². The second-order valence-corrected chi connectivity index (χ2v) is 9.74. The molecule has 1 unspecified atom stereocenters. The Bertz CT molecular complexity index is 700. The third kappa shape index (κ3) is 6.83. The lowest BCUT2D eigenvalue weighted by molar-refractivity contribution is 0.646. The van der Waals surface area contributed by atoms with Gasteiger partial charge in [0.25, 0.3) is 0 Å². The van der Waals surface area contributed by atoms with E-state index in [0.717, 1.165) is 12.5 Å². The first-order valence-electron chi connectivity index (χ1n) is 9.34. The zero-order valence-corrected chi connectivity index (χ0v) is 17.6. The van der Waals surface area contributed by atoms with Crippen LogP contribution in [-0.2, 0) is 10.8 Å². The van der Waals surface area contributed by atoms with E-state index in [9.17, 15) is 4.21 Å². The fourth-order valence-corrected chi connectivity index (χ4v) is 3.69. The summed E-state index contributed by atoms with van der Waals surface area (Å²) in [7, 11) is 0.887. The third-order valence-electron chi connectivity index (χ3n) is 4.36. The maximum atomic E-state index is 12.2. The maximum absolute atomic E-state index is 12.2. The van der Waals surface area contributed by atoms with E-state index in [2.05, 4.69) is 64.2 Å². The molecule has 2 aromatic rings. The van der Waals surface area contributed by atoms with E-state index in [1.165, 1.54) is 11.1 Å². The quantitative estimate of drug-likeness (QED) is 0.566. The Morgan fingerprint density at radius 1 is 0.963 bits per heavy atom. The van der Waals surface area contributed by atoms with Crippen molar-refractivity contribution in [2.24, 2.45) is 4.99 Å². The van der Waals surface area contributed by atoms with Gasteiger partial charge in [0.2, 0.25) is 0 Å². The van der Waals surface area contributed by atoms with Crippen LogP contribution in [0, 0.1) is 0 Å². The minimum absolute atomic E-state index is 0.190. The average Bonchev–Trinajstić information content (AvgIpc) is 2.67. The van der Waals surface area contributed by atoms with Gasteiger partial charge < -0.3 is 10.6 Å². The minimum atomic E-state index is -0.873. The summed E-state index contributed by atoms with van der Waals surface area (Å²) in [5.41, 5.74) is 2.53. The molecule has 0 saturated heterocycles. The maximum Gasteiger partial charge on any atom is 0.191 e. The topological polar surface area (TPSA) is 53.5 Å². The lowest BCUT2D eigenvalue weighted by atomic mass is 9.91. The minimum Gasteiger partial charge on any atom is -0.355 e. The molecule has 0 radical (unpaired) electrons. The third-order valence-corrected chi connectivity index (χ3v) is 6.30. The van der Waals surface area contributed by atoms with Gasteiger partial charge in [-0.2, -0.15) is 0 Å². The highest BCUT2D eigenvalue weighted by Crippen LogP contribution is 2.23. The van der Waals surface area contributed by atoms with E-state index < -0.39 is 10.8 Å². The number of nitrogens with one attached hydrogen (secondary N) is 2. The van der Waals surface area contributed by atoms with Gasteiger partial charge in [0.05, 0.1) is 0 Å². The Labute approximate surface area is 166 Å². The molecule has 0 aliphatic rings. The van der Waals surface area contributed by atoms with Crippen molar-refractivity contribution in [3.63, 3.8) is 0 Å². The molecule has 4 nitrogen and oxygen atoms in total. The molecular formula is C22H31N3OS. The largest absolute Gasteiger partial charge is 0.355 e. The van der Waals surface area contributed by atoms with Gasteiger partial charge >= 0.3 is 0 Å². The number of aliphatic imine (C=N–C) groups is 1. The number of guanidine groups is 1. The van der Waals surface area contributed by atoms with Crippen molar-refractivity contribution in [2.45, 2.75) is 31.4 Å². The lowest BCUT2D eigenvalue weighted by Crippen LogP contribution is -2.42. The van der Waals surface area contributed by atoms with Crippen molar-refractivity contribution in [3.05, 3.63) is 71.8 Å². The van der Waals surface area contributed by atoms with Crippen LogP contribution in [0.25, 0.3) is 0 Å². The molecule has 0 spiro atoms. The van der Waals surface area contributed by atoms with Crippen LogP contribution >= 0.6 is 0 Å². The predicted molar refractivity (Wildman–Crippen MR) is 117 cm³/mol. The molecule has 0 aliphatic carbocycles. The predicted octanol–water partition coefficient (Wildman–Crippen LogP) is 3.53. The molecule has 0 bridgehead atoms. The highest BCUT2D eigenvalue weighted by Gasteiger charge is 2.19. The Morgan fingerprint density at radius 3 is 1.93 bits per heavy atom. The SMILES string of the molecule is CN=C(NCCS(=O)C(C)(C)C)NCC(c1ccccc1)c1ccccc1. The lowest BCUT2D eigenvalue weighted by Gasteiger charge is -2.21. The van der Waals surface area contributed by atoms with E-state index in [0.29, 0.717) is 12.3 Å². The molecule has 2 aromatic carbocycles. The van der Waals surface area contributed by atoms with Gasteiger partial charge in [-0.25, -0.2) is 0 Å². The summed E-state index contributed by atoms with van der Waals surface area (Å²) in [6.07, 6.45) is 0. The smallest absolute Gasteiger partial charge is 0.191 e. The number of hydrogen-bond donors (Lipinski definition) is 2. The fourth-order valence-electron chi connectivity index (χ4n) is 2.79. The summed E-state index contributed by atoms with van der Waals surface area (Å²) in [5, 5.41) is 6.70. The Hall–Kier alpha value is -2.14. The van der Waals surface area contributed by atoms with Crippen LogP contribution in [0.1, 0.15) is 37.8 Å². The summed E-state index contributed by atoms with van der Waals surface area (Å²) in [6.45, 7) is 7.36. The van der Waals surface area contributed by atoms with E-state index in [1.54, 1.807) is 7.05 Å². The first-order chi connectivity index (χ1) is 12.9. The van der Waals surface area contributed by atoms with Crippen LogP contribution in [-0.4, -0.2) is 40.8 Å². The Kier molecular flexibility index (Phi) is 8.04. The van der Waals surface area contributed by atoms with E-state index in [1.807, 2.05) is 32.9 Å². The van der Waals surface area contributed by atoms with Gasteiger partial charge in [-0.1, -0.05) is 60.7 Å². The summed E-state index contributed by atoms with van der Waals surface area (Å²) in [4.78, 5) is 4.30. The molecule has 27 heavy (non-hydrogen) atoms. The van der Waals surface area contributed by atoms with Crippen LogP contribution in [0.3, 0.4) is 0 Å². The number of hydrogen-bond acceptors (Lipinski definition) is 2. The number of nitrogens with zero attached hydrogens (tertiary/aromatic N) is 1. The van der Waals surface area contributed by atoms with Crippen LogP contribution < -0.4 is 10.6 Å². The highest BCUT2D eigenvalue weighted by atomic mass is 32.2. The first-order valence-corrected chi connectivity index (χ1v) is 10.7. The van der Waals surface area contributed by atoms with Gasteiger partial charge in [-0.15, -0.1) is 0 Å². The molecule has 0 amide bonds. The summed E-state index contributed by atoms with van der Waals surface area (Å²) in [5.74, 6) is 1.57. The van der Waals surface area contributed by atoms with Gasteiger partial charge in [0, 0.05) is 47.4 Å². The van der Waals surface area contributed by atoms with Crippen LogP contribution in [0.4, 0.5) is 0 Å². The molecule has 2 N–H and O–H groups in total. The normalized spacial score (nSPS) is 13.4. The van der Waals surface area contributed by atoms with Crippen LogP contribution in [0.15, 0.2) is 65.7 Å². The number of benzene rings is 2. The van der Waals surface area contributed by atoms with Crippen molar-refractivity contribution in [2.75, 3.05) is 25.9 Å². The molecular weight excluding hydrogens is 354 g/mol. The van der Waals surface area contributed by atoms with Crippen molar-refractivity contribution in [1.82, 2.24) is 10.6 Å². The van der Waals surface area contributed by atoms with Crippen LogP contribution in [0.2, 0.25) is 0 Å². The molecule has 1 atom stereocenters. The zero-order valence-electron chi connectivity index (χ0n) is 16.7. The van der Waals surface area contributed by atoms with Crippen molar-refractivity contribution in [1.29, 1.82) is 0 Å². The zero-order chi connectivity index (χ0) is 19.7. The van der Waals surface area contributed by atoms with Gasteiger partial charge in [-0.05, 0) is 31.9 Å². The second-order valence-electron chi connectivity index (χ2n) is 7.42. The second kappa shape index (κ2) is 10.3. The van der Waals surface area contributed by atoms with Crippen LogP contribution in [0.5, 0.6) is 0 Å². The fraction of sp³-hybridized carbons (Fsp3) is 0.409. The molecule has 0 heterocycles. The monoisotopic (exact) mass is 385 g/mol. The molecule has 5 heteroatoms.